The van der Waals surface area contributed by atoms with Crippen LogP contribution in [0.5, 0.6) is 0 Å². The molecule has 6 heteroatoms. The summed E-state index contributed by atoms with van der Waals surface area (Å²) in [5.41, 5.74) is 0.641. The molecule has 21 heavy (non-hydrogen) atoms. The first kappa shape index (κ1) is 13.9. The first-order valence-electron chi connectivity index (χ1n) is 6.90. The van der Waals surface area contributed by atoms with E-state index in [1.165, 1.54) is 0 Å². The third-order valence-corrected chi connectivity index (χ3v) is 4.16. The van der Waals surface area contributed by atoms with Crippen LogP contribution in [0, 0.1) is 0 Å². The molecule has 0 fully saturated rings. The van der Waals surface area contributed by atoms with Crippen molar-refractivity contribution in [3.05, 3.63) is 52.8 Å². The maximum Gasteiger partial charge on any atom is 0.258 e. The van der Waals surface area contributed by atoms with Crippen LogP contribution in [-0.4, -0.2) is 19.5 Å². The average molecular weight is 300 g/mol. The van der Waals surface area contributed by atoms with Crippen LogP contribution in [0.1, 0.15) is 19.2 Å². The number of aromatic amines is 1. The lowest BCUT2D eigenvalue weighted by molar-refractivity contribution is 0.620. The largest absolute Gasteiger partial charge is 0.326 e. The van der Waals surface area contributed by atoms with Gasteiger partial charge in [0.2, 0.25) is 0 Å². The highest BCUT2D eigenvalue weighted by Gasteiger charge is 2.07. The van der Waals surface area contributed by atoms with E-state index in [1.54, 1.807) is 24.0 Å². The highest BCUT2D eigenvalue weighted by Crippen LogP contribution is 2.20. The zero-order valence-corrected chi connectivity index (χ0v) is 12.6. The summed E-state index contributed by atoms with van der Waals surface area (Å²) < 4.78 is 2.11. The van der Waals surface area contributed by atoms with E-state index < -0.39 is 0 Å². The lowest BCUT2D eigenvalue weighted by atomic mass is 10.2. The fourth-order valence-electron chi connectivity index (χ4n) is 2.18. The predicted molar refractivity (Wildman–Crippen MR) is 84.4 cm³/mol. The number of para-hydroxylation sites is 1. The summed E-state index contributed by atoms with van der Waals surface area (Å²) in [7, 11) is 0. The minimum absolute atomic E-state index is 0.0897. The van der Waals surface area contributed by atoms with Gasteiger partial charge < -0.3 is 9.55 Å². The number of fused-ring (bicyclic) bond motifs is 1. The molecule has 1 N–H and O–H groups in total. The van der Waals surface area contributed by atoms with Gasteiger partial charge in [0.1, 0.15) is 5.82 Å². The molecule has 3 aromatic rings. The summed E-state index contributed by atoms with van der Waals surface area (Å²) in [6, 6.07) is 7.37. The van der Waals surface area contributed by atoms with Crippen molar-refractivity contribution in [3.8, 4) is 0 Å². The SMILES string of the molecule is CCCn1ccnc1SCc1nc2ccccc2c(=O)[nH]1. The van der Waals surface area contributed by atoms with E-state index >= 15 is 0 Å². The Morgan fingerprint density at radius 1 is 1.33 bits per heavy atom. The monoisotopic (exact) mass is 300 g/mol. The summed E-state index contributed by atoms with van der Waals surface area (Å²) in [5, 5.41) is 1.58. The predicted octanol–water partition coefficient (Wildman–Crippen LogP) is 2.82. The number of nitrogens with zero attached hydrogens (tertiary/aromatic N) is 3. The number of nitrogens with one attached hydrogen (secondary N) is 1. The standard InChI is InChI=1S/C15H16N4OS/c1-2-8-19-9-7-16-15(19)21-10-13-17-12-6-4-3-5-11(12)14(20)18-13/h3-7,9H,2,8,10H2,1H3,(H,17,18,20). The van der Waals surface area contributed by atoms with E-state index in [2.05, 4.69) is 26.4 Å². The topological polar surface area (TPSA) is 63.6 Å². The van der Waals surface area contributed by atoms with Gasteiger partial charge in [0, 0.05) is 18.9 Å². The molecule has 0 aliphatic heterocycles. The van der Waals surface area contributed by atoms with Gasteiger partial charge in [-0.25, -0.2) is 9.97 Å². The molecule has 0 saturated heterocycles. The van der Waals surface area contributed by atoms with Crippen molar-refractivity contribution in [2.24, 2.45) is 0 Å². The van der Waals surface area contributed by atoms with E-state index in [9.17, 15) is 4.79 Å². The summed E-state index contributed by atoms with van der Waals surface area (Å²) >= 11 is 1.58. The van der Waals surface area contributed by atoms with E-state index in [0.717, 1.165) is 23.6 Å². The second-order valence-electron chi connectivity index (χ2n) is 4.72. The molecule has 2 heterocycles. The van der Waals surface area contributed by atoms with Crippen LogP contribution >= 0.6 is 11.8 Å². The summed E-state index contributed by atoms with van der Waals surface area (Å²) in [6.07, 6.45) is 4.84. The van der Waals surface area contributed by atoms with Crippen molar-refractivity contribution in [2.45, 2.75) is 30.8 Å². The summed E-state index contributed by atoms with van der Waals surface area (Å²) in [4.78, 5) is 23.7. The molecule has 0 unspecified atom stereocenters. The van der Waals surface area contributed by atoms with Gasteiger partial charge in [0.15, 0.2) is 5.16 Å². The van der Waals surface area contributed by atoms with Crippen molar-refractivity contribution >= 4 is 22.7 Å². The van der Waals surface area contributed by atoms with Crippen LogP contribution in [0.15, 0.2) is 46.6 Å². The molecule has 0 aliphatic carbocycles. The number of aromatic nitrogens is 4. The Morgan fingerprint density at radius 3 is 3.05 bits per heavy atom. The van der Waals surface area contributed by atoms with E-state index in [4.69, 9.17) is 0 Å². The van der Waals surface area contributed by atoms with Gasteiger partial charge in [0.05, 0.1) is 16.7 Å². The highest BCUT2D eigenvalue weighted by molar-refractivity contribution is 7.98. The van der Waals surface area contributed by atoms with Gasteiger partial charge in [-0.1, -0.05) is 30.8 Å². The normalized spacial score (nSPS) is 11.1. The van der Waals surface area contributed by atoms with E-state index in [-0.39, 0.29) is 5.56 Å². The number of hydrogen-bond donors (Lipinski definition) is 1. The zero-order chi connectivity index (χ0) is 14.7. The Morgan fingerprint density at radius 2 is 2.19 bits per heavy atom. The fourth-order valence-corrected chi connectivity index (χ4v) is 3.04. The van der Waals surface area contributed by atoms with Crippen molar-refractivity contribution < 1.29 is 0 Å². The zero-order valence-electron chi connectivity index (χ0n) is 11.7. The van der Waals surface area contributed by atoms with Crippen LogP contribution in [0.2, 0.25) is 0 Å². The molecule has 5 nitrogen and oxygen atoms in total. The van der Waals surface area contributed by atoms with Crippen LogP contribution in [-0.2, 0) is 12.3 Å². The molecule has 0 saturated carbocycles. The van der Waals surface area contributed by atoms with E-state index in [1.807, 2.05) is 24.4 Å². The third kappa shape index (κ3) is 3.00. The Bertz CT molecular complexity index is 809. The molecule has 0 amide bonds. The lowest BCUT2D eigenvalue weighted by Gasteiger charge is -2.06. The molecule has 0 aliphatic rings. The molecule has 0 bridgehead atoms. The number of imidazole rings is 1. The van der Waals surface area contributed by atoms with Crippen LogP contribution in [0.25, 0.3) is 10.9 Å². The molecule has 1 aromatic carbocycles. The fraction of sp³-hybridized carbons (Fsp3) is 0.267. The molecular formula is C15H16N4OS. The maximum atomic E-state index is 12.0. The van der Waals surface area contributed by atoms with Crippen molar-refractivity contribution in [1.29, 1.82) is 0 Å². The Balaban J connectivity index is 1.82. The first-order valence-corrected chi connectivity index (χ1v) is 7.88. The number of thioether (sulfide) groups is 1. The second-order valence-corrected chi connectivity index (χ2v) is 5.66. The van der Waals surface area contributed by atoms with Gasteiger partial charge in [-0.15, -0.1) is 0 Å². The van der Waals surface area contributed by atoms with Crippen LogP contribution < -0.4 is 5.56 Å². The second kappa shape index (κ2) is 6.13. The lowest BCUT2D eigenvalue weighted by Crippen LogP contribution is -2.11. The summed E-state index contributed by atoms with van der Waals surface area (Å²) in [5.74, 6) is 1.27. The maximum absolute atomic E-state index is 12.0. The first-order chi connectivity index (χ1) is 10.3. The number of rotatable bonds is 5. The Hall–Kier alpha value is -2.08. The molecule has 3 rings (SSSR count). The number of H-pyrrole nitrogens is 1. The van der Waals surface area contributed by atoms with Crippen molar-refractivity contribution in [2.75, 3.05) is 0 Å². The molecule has 2 aromatic heterocycles. The van der Waals surface area contributed by atoms with Gasteiger partial charge >= 0.3 is 0 Å². The van der Waals surface area contributed by atoms with Crippen LogP contribution in [0.3, 0.4) is 0 Å². The number of benzene rings is 1. The molecule has 0 radical (unpaired) electrons. The molecular weight excluding hydrogens is 284 g/mol. The molecule has 0 atom stereocenters. The highest BCUT2D eigenvalue weighted by atomic mass is 32.2. The van der Waals surface area contributed by atoms with E-state index in [0.29, 0.717) is 17.0 Å². The Kier molecular flexibility index (Phi) is 4.06. The minimum Gasteiger partial charge on any atom is -0.326 e. The third-order valence-electron chi connectivity index (χ3n) is 3.14. The van der Waals surface area contributed by atoms with Gasteiger partial charge in [-0.05, 0) is 18.6 Å². The smallest absolute Gasteiger partial charge is 0.258 e. The minimum atomic E-state index is -0.0897. The van der Waals surface area contributed by atoms with Gasteiger partial charge in [-0.2, -0.15) is 0 Å². The van der Waals surface area contributed by atoms with Gasteiger partial charge in [0.25, 0.3) is 5.56 Å². The molecule has 0 spiro atoms. The van der Waals surface area contributed by atoms with Crippen molar-refractivity contribution in [1.82, 2.24) is 19.5 Å². The summed E-state index contributed by atoms with van der Waals surface area (Å²) in [6.45, 7) is 3.08. The molecule has 108 valence electrons. The van der Waals surface area contributed by atoms with Gasteiger partial charge in [-0.3, -0.25) is 4.79 Å². The Labute approximate surface area is 126 Å². The van der Waals surface area contributed by atoms with Crippen LogP contribution in [0.4, 0.5) is 0 Å². The van der Waals surface area contributed by atoms with Crippen molar-refractivity contribution in [3.63, 3.8) is 0 Å². The number of hydrogen-bond acceptors (Lipinski definition) is 4. The number of aryl methyl sites for hydroxylation is 1. The average Bonchev–Trinajstić information content (AvgIpc) is 2.93. The quantitative estimate of drug-likeness (QED) is 0.736.